The van der Waals surface area contributed by atoms with E-state index in [0.29, 0.717) is 19.3 Å². The zero-order chi connectivity index (χ0) is 15.1. The van der Waals surface area contributed by atoms with Crippen molar-refractivity contribution in [1.82, 2.24) is 0 Å². The lowest BCUT2D eigenvalue weighted by Gasteiger charge is -2.21. The molecule has 0 aliphatic heterocycles. The molecule has 4 heteroatoms. The molecule has 3 nitrogen and oxygen atoms in total. The molecule has 1 saturated carbocycles. The van der Waals surface area contributed by atoms with Crippen LogP contribution in [0.3, 0.4) is 0 Å². The van der Waals surface area contributed by atoms with Gasteiger partial charge < -0.3 is 15.2 Å². The van der Waals surface area contributed by atoms with Crippen LogP contribution in [0.4, 0.5) is 0 Å². The highest BCUT2D eigenvalue weighted by Gasteiger charge is 2.19. The molecule has 0 spiro atoms. The van der Waals surface area contributed by atoms with Crippen LogP contribution in [-0.2, 0) is 6.42 Å². The van der Waals surface area contributed by atoms with Gasteiger partial charge in [0.25, 0.3) is 0 Å². The third kappa shape index (κ3) is 4.89. The Morgan fingerprint density at radius 2 is 1.90 bits per heavy atom. The maximum Gasteiger partial charge on any atom is 0.175 e. The first-order valence-corrected chi connectivity index (χ1v) is 8.85. The molecular formula is C17H26BrNO2. The van der Waals surface area contributed by atoms with Crippen molar-refractivity contribution in [3.63, 3.8) is 0 Å². The number of nitrogens with two attached hydrogens (primary N) is 1. The molecule has 0 aromatic heterocycles. The molecule has 21 heavy (non-hydrogen) atoms. The zero-order valence-electron chi connectivity index (χ0n) is 12.9. The van der Waals surface area contributed by atoms with E-state index in [2.05, 4.69) is 28.1 Å². The van der Waals surface area contributed by atoms with Gasteiger partial charge in [-0.25, -0.2) is 0 Å². The molecule has 1 aliphatic rings. The van der Waals surface area contributed by atoms with Gasteiger partial charge >= 0.3 is 0 Å². The van der Waals surface area contributed by atoms with E-state index >= 15 is 0 Å². The van der Waals surface area contributed by atoms with Crippen molar-refractivity contribution in [3.8, 4) is 11.5 Å². The lowest BCUT2D eigenvalue weighted by molar-refractivity contribution is 0.172. The van der Waals surface area contributed by atoms with Crippen molar-refractivity contribution in [2.75, 3.05) is 13.2 Å². The highest BCUT2D eigenvalue weighted by atomic mass is 79.9. The predicted molar refractivity (Wildman–Crippen MR) is 90.2 cm³/mol. The fraction of sp³-hybridized carbons (Fsp3) is 0.647. The Hall–Kier alpha value is -0.740. The summed E-state index contributed by atoms with van der Waals surface area (Å²) in [5.74, 6) is 1.68. The summed E-state index contributed by atoms with van der Waals surface area (Å²) in [6, 6.07) is 4.16. The third-order valence-corrected chi connectivity index (χ3v) is 4.48. The van der Waals surface area contributed by atoms with Crippen LogP contribution in [0.2, 0.25) is 0 Å². The van der Waals surface area contributed by atoms with Gasteiger partial charge in [0.2, 0.25) is 0 Å². The molecule has 1 aromatic carbocycles. The summed E-state index contributed by atoms with van der Waals surface area (Å²) >= 11 is 3.64. The van der Waals surface area contributed by atoms with Crippen molar-refractivity contribution in [3.05, 3.63) is 22.2 Å². The summed E-state index contributed by atoms with van der Waals surface area (Å²) in [5.41, 5.74) is 6.83. The molecule has 1 fully saturated rings. The highest BCUT2D eigenvalue weighted by molar-refractivity contribution is 9.10. The molecule has 0 radical (unpaired) electrons. The van der Waals surface area contributed by atoms with Crippen molar-refractivity contribution in [2.45, 2.75) is 58.0 Å². The maximum atomic E-state index is 6.28. The van der Waals surface area contributed by atoms with Crippen LogP contribution in [0, 0.1) is 0 Å². The predicted octanol–water partition coefficient (Wildman–Crippen LogP) is 4.45. The summed E-state index contributed by atoms with van der Waals surface area (Å²) in [7, 11) is 0. The van der Waals surface area contributed by atoms with E-state index < -0.39 is 0 Å². The molecule has 0 bridgehead atoms. The smallest absolute Gasteiger partial charge is 0.175 e. The fourth-order valence-electron chi connectivity index (χ4n) is 2.84. The number of benzene rings is 1. The Bertz CT molecular complexity index is 443. The van der Waals surface area contributed by atoms with Crippen molar-refractivity contribution >= 4 is 15.9 Å². The number of rotatable bonds is 6. The first-order chi connectivity index (χ1) is 10.2. The second-order valence-electron chi connectivity index (χ2n) is 5.61. The monoisotopic (exact) mass is 355 g/mol. The molecule has 0 saturated heterocycles. The standard InChI is InChI=1S/C17H26BrNO2/c1-2-20-16-12-13(9-10-19)11-15(18)17(16)21-14-7-5-3-4-6-8-14/h11-12,14H,2-10,19H2,1H3. The summed E-state index contributed by atoms with van der Waals surface area (Å²) in [6.45, 7) is 3.28. The van der Waals surface area contributed by atoms with Gasteiger partial charge in [-0.05, 0) is 79.2 Å². The average Bonchev–Trinajstić information content (AvgIpc) is 2.72. The molecular weight excluding hydrogens is 330 g/mol. The van der Waals surface area contributed by atoms with Gasteiger partial charge in [0.15, 0.2) is 11.5 Å². The lowest BCUT2D eigenvalue weighted by Crippen LogP contribution is -2.16. The first-order valence-electron chi connectivity index (χ1n) is 8.06. The van der Waals surface area contributed by atoms with Crippen LogP contribution < -0.4 is 15.2 Å². The van der Waals surface area contributed by atoms with E-state index in [1.54, 1.807) is 0 Å². The first kappa shape index (κ1) is 16.6. The van der Waals surface area contributed by atoms with Crippen molar-refractivity contribution in [1.29, 1.82) is 0 Å². The zero-order valence-corrected chi connectivity index (χ0v) is 14.5. The van der Waals surface area contributed by atoms with Gasteiger partial charge in [-0.1, -0.05) is 12.8 Å². The topological polar surface area (TPSA) is 44.5 Å². The molecule has 2 rings (SSSR count). The fourth-order valence-corrected chi connectivity index (χ4v) is 3.42. The van der Waals surface area contributed by atoms with E-state index in [-0.39, 0.29) is 0 Å². The number of hydrogen-bond donors (Lipinski definition) is 1. The molecule has 0 atom stereocenters. The SMILES string of the molecule is CCOc1cc(CCN)cc(Br)c1OC1CCCCCC1. The van der Waals surface area contributed by atoms with Crippen LogP contribution >= 0.6 is 15.9 Å². The van der Waals surface area contributed by atoms with Crippen molar-refractivity contribution < 1.29 is 9.47 Å². The van der Waals surface area contributed by atoms with Gasteiger partial charge in [0.1, 0.15) is 0 Å². The Morgan fingerprint density at radius 3 is 2.52 bits per heavy atom. The lowest BCUT2D eigenvalue weighted by atomic mass is 10.1. The summed E-state index contributed by atoms with van der Waals surface area (Å²) in [6.07, 6.45) is 8.62. The molecule has 1 aromatic rings. The normalized spacial score (nSPS) is 16.5. The van der Waals surface area contributed by atoms with Crippen molar-refractivity contribution in [2.24, 2.45) is 5.73 Å². The van der Waals surface area contributed by atoms with Gasteiger partial charge in [-0.15, -0.1) is 0 Å². The second-order valence-corrected chi connectivity index (χ2v) is 6.46. The largest absolute Gasteiger partial charge is 0.490 e. The maximum absolute atomic E-state index is 6.28. The summed E-state index contributed by atoms with van der Waals surface area (Å²) in [5, 5.41) is 0. The van der Waals surface area contributed by atoms with Crippen LogP contribution in [0.1, 0.15) is 51.0 Å². The number of ether oxygens (including phenoxy) is 2. The van der Waals surface area contributed by atoms with Gasteiger partial charge in [0.05, 0.1) is 17.2 Å². The van der Waals surface area contributed by atoms with E-state index in [1.807, 2.05) is 6.92 Å². The molecule has 2 N–H and O–H groups in total. The van der Waals surface area contributed by atoms with E-state index in [0.717, 1.165) is 35.2 Å². The molecule has 118 valence electrons. The summed E-state index contributed by atoms with van der Waals surface area (Å²) in [4.78, 5) is 0. The average molecular weight is 356 g/mol. The number of hydrogen-bond acceptors (Lipinski definition) is 3. The number of halogens is 1. The Morgan fingerprint density at radius 1 is 1.19 bits per heavy atom. The minimum atomic E-state index is 0.309. The highest BCUT2D eigenvalue weighted by Crippen LogP contribution is 2.39. The third-order valence-electron chi connectivity index (χ3n) is 3.89. The molecule has 0 unspecified atom stereocenters. The van der Waals surface area contributed by atoms with E-state index in [4.69, 9.17) is 15.2 Å². The van der Waals surface area contributed by atoms with Gasteiger partial charge in [-0.3, -0.25) is 0 Å². The minimum absolute atomic E-state index is 0.309. The quantitative estimate of drug-likeness (QED) is 0.766. The van der Waals surface area contributed by atoms with Crippen LogP contribution in [0.5, 0.6) is 11.5 Å². The van der Waals surface area contributed by atoms with Gasteiger partial charge in [-0.2, -0.15) is 0 Å². The second kappa shape index (κ2) is 8.64. The van der Waals surface area contributed by atoms with E-state index in [1.165, 1.54) is 31.2 Å². The molecule has 1 aliphatic carbocycles. The van der Waals surface area contributed by atoms with Crippen LogP contribution in [0.15, 0.2) is 16.6 Å². The molecule has 0 heterocycles. The Kier molecular flexibility index (Phi) is 6.84. The van der Waals surface area contributed by atoms with Crippen LogP contribution in [0.25, 0.3) is 0 Å². The van der Waals surface area contributed by atoms with E-state index in [9.17, 15) is 0 Å². The Balaban J connectivity index is 2.19. The van der Waals surface area contributed by atoms with Crippen LogP contribution in [-0.4, -0.2) is 19.3 Å². The minimum Gasteiger partial charge on any atom is -0.490 e. The summed E-state index contributed by atoms with van der Waals surface area (Å²) < 4.78 is 13.0. The Labute approximate surface area is 136 Å². The van der Waals surface area contributed by atoms with Gasteiger partial charge in [0, 0.05) is 0 Å². The molecule has 0 amide bonds.